The molecule has 1 rings (SSSR count). The number of primary amides is 1. The van der Waals surface area contributed by atoms with Crippen molar-refractivity contribution in [1.82, 2.24) is 10.6 Å². The van der Waals surface area contributed by atoms with Crippen molar-refractivity contribution >= 4 is 23.9 Å². The molecule has 148 valence electrons. The van der Waals surface area contributed by atoms with E-state index in [1.54, 1.807) is 24.3 Å². The summed E-state index contributed by atoms with van der Waals surface area (Å²) in [6.07, 6.45) is -2.88. The SMILES string of the molecule is NC(=O)[C@H](CCC(=O)O)NC(=O)C[C@H](O)CNC(=O)OCc1ccccc1. The zero-order valence-corrected chi connectivity index (χ0v) is 14.6. The first-order chi connectivity index (χ1) is 12.8. The fourth-order valence-corrected chi connectivity index (χ4v) is 2.07. The summed E-state index contributed by atoms with van der Waals surface area (Å²) in [5, 5.41) is 23.0. The van der Waals surface area contributed by atoms with E-state index in [4.69, 9.17) is 15.6 Å². The third-order valence-corrected chi connectivity index (χ3v) is 3.44. The number of hydrogen-bond donors (Lipinski definition) is 5. The van der Waals surface area contributed by atoms with Gasteiger partial charge in [-0.3, -0.25) is 14.4 Å². The molecule has 2 atom stereocenters. The molecule has 0 unspecified atom stereocenters. The molecule has 10 heteroatoms. The van der Waals surface area contributed by atoms with Crippen LogP contribution in [-0.2, 0) is 25.7 Å². The van der Waals surface area contributed by atoms with Crippen molar-refractivity contribution in [1.29, 1.82) is 0 Å². The number of carboxylic acids is 1. The molecule has 0 bridgehead atoms. The molecular weight excluding hydrogens is 358 g/mol. The number of aliphatic carboxylic acids is 1. The quantitative estimate of drug-likeness (QED) is 0.344. The number of alkyl carbamates (subject to hydrolysis) is 1. The second-order valence-electron chi connectivity index (χ2n) is 5.76. The molecule has 0 aromatic heterocycles. The standard InChI is InChI=1S/C17H23N3O7/c18-16(25)13(6-7-15(23)24)20-14(22)8-12(21)9-19-17(26)27-10-11-4-2-1-3-5-11/h1-5,12-13,21H,6-10H2,(H2,18,25)(H,19,26)(H,20,22)(H,23,24)/t12-,13-/m0/s1. The van der Waals surface area contributed by atoms with Gasteiger partial charge in [-0.25, -0.2) is 4.79 Å². The predicted octanol–water partition coefficient (Wildman–Crippen LogP) is -0.501. The van der Waals surface area contributed by atoms with Crippen molar-refractivity contribution in [3.8, 4) is 0 Å². The molecule has 1 aromatic rings. The highest BCUT2D eigenvalue weighted by molar-refractivity contribution is 5.87. The van der Waals surface area contributed by atoms with E-state index in [1.807, 2.05) is 6.07 Å². The fraction of sp³-hybridized carbons (Fsp3) is 0.412. The van der Waals surface area contributed by atoms with Gasteiger partial charge in [0.25, 0.3) is 0 Å². The van der Waals surface area contributed by atoms with E-state index in [0.717, 1.165) is 5.56 Å². The Hall–Kier alpha value is -3.14. The molecule has 0 spiro atoms. The average molecular weight is 381 g/mol. The maximum atomic E-state index is 11.8. The summed E-state index contributed by atoms with van der Waals surface area (Å²) in [7, 11) is 0. The summed E-state index contributed by atoms with van der Waals surface area (Å²) in [5.74, 6) is -2.70. The second-order valence-corrected chi connectivity index (χ2v) is 5.76. The predicted molar refractivity (Wildman–Crippen MR) is 93.2 cm³/mol. The molecule has 0 fully saturated rings. The van der Waals surface area contributed by atoms with E-state index < -0.39 is 42.4 Å². The first kappa shape index (κ1) is 21.9. The molecule has 0 aliphatic heterocycles. The minimum atomic E-state index is -1.22. The lowest BCUT2D eigenvalue weighted by atomic mass is 10.1. The van der Waals surface area contributed by atoms with Gasteiger partial charge >= 0.3 is 12.1 Å². The molecule has 0 radical (unpaired) electrons. The van der Waals surface area contributed by atoms with Gasteiger partial charge < -0.3 is 31.3 Å². The third-order valence-electron chi connectivity index (χ3n) is 3.44. The van der Waals surface area contributed by atoms with Gasteiger partial charge in [0, 0.05) is 13.0 Å². The summed E-state index contributed by atoms with van der Waals surface area (Å²) in [4.78, 5) is 45.1. The maximum absolute atomic E-state index is 11.8. The van der Waals surface area contributed by atoms with Crippen molar-refractivity contribution in [2.45, 2.75) is 38.0 Å². The normalized spacial score (nSPS) is 12.5. The molecule has 27 heavy (non-hydrogen) atoms. The Balaban J connectivity index is 2.30. The number of ether oxygens (including phenoxy) is 1. The number of benzene rings is 1. The fourth-order valence-electron chi connectivity index (χ4n) is 2.07. The van der Waals surface area contributed by atoms with Crippen LogP contribution in [0, 0.1) is 0 Å². The third kappa shape index (κ3) is 9.80. The van der Waals surface area contributed by atoms with Gasteiger partial charge in [-0.05, 0) is 12.0 Å². The number of hydrogen-bond acceptors (Lipinski definition) is 6. The van der Waals surface area contributed by atoms with E-state index in [2.05, 4.69) is 10.6 Å². The summed E-state index contributed by atoms with van der Waals surface area (Å²) in [6.45, 7) is -0.176. The minimum Gasteiger partial charge on any atom is -0.481 e. The Morgan fingerprint density at radius 2 is 1.81 bits per heavy atom. The Labute approximate surface area is 155 Å². The van der Waals surface area contributed by atoms with E-state index >= 15 is 0 Å². The van der Waals surface area contributed by atoms with Gasteiger partial charge in [0.2, 0.25) is 11.8 Å². The van der Waals surface area contributed by atoms with E-state index in [0.29, 0.717) is 0 Å². The number of aliphatic hydroxyl groups excluding tert-OH is 1. The lowest BCUT2D eigenvalue weighted by Crippen LogP contribution is -2.46. The van der Waals surface area contributed by atoms with Crippen molar-refractivity contribution in [2.75, 3.05) is 6.54 Å². The number of nitrogens with two attached hydrogens (primary N) is 1. The number of aliphatic hydroxyl groups is 1. The van der Waals surface area contributed by atoms with Crippen LogP contribution in [0.25, 0.3) is 0 Å². The summed E-state index contributed by atoms with van der Waals surface area (Å²) in [6, 6.07) is 7.85. The van der Waals surface area contributed by atoms with Crippen LogP contribution in [0.15, 0.2) is 30.3 Å². The highest BCUT2D eigenvalue weighted by Gasteiger charge is 2.21. The summed E-state index contributed by atoms with van der Waals surface area (Å²) in [5.41, 5.74) is 5.90. The highest BCUT2D eigenvalue weighted by atomic mass is 16.5. The minimum absolute atomic E-state index is 0.0626. The van der Waals surface area contributed by atoms with Gasteiger partial charge in [0.1, 0.15) is 12.6 Å². The van der Waals surface area contributed by atoms with Crippen molar-refractivity contribution in [2.24, 2.45) is 5.73 Å². The molecule has 1 aromatic carbocycles. The Morgan fingerprint density at radius 3 is 2.41 bits per heavy atom. The van der Waals surface area contributed by atoms with Crippen LogP contribution in [0.1, 0.15) is 24.8 Å². The number of carboxylic acid groups (broad SMARTS) is 1. The lowest BCUT2D eigenvalue weighted by molar-refractivity contribution is -0.138. The van der Waals surface area contributed by atoms with Crippen molar-refractivity contribution in [3.63, 3.8) is 0 Å². The Bertz CT molecular complexity index is 651. The zero-order valence-electron chi connectivity index (χ0n) is 14.6. The molecular formula is C17H23N3O7. The summed E-state index contributed by atoms with van der Waals surface area (Å²) < 4.78 is 4.96. The van der Waals surface area contributed by atoms with Gasteiger partial charge in [0.15, 0.2) is 0 Å². The molecule has 0 saturated carbocycles. The molecule has 3 amide bonds. The van der Waals surface area contributed by atoms with Gasteiger partial charge in [0.05, 0.1) is 12.5 Å². The van der Waals surface area contributed by atoms with Crippen LogP contribution >= 0.6 is 0 Å². The number of carbonyl (C=O) groups is 4. The van der Waals surface area contributed by atoms with Crippen LogP contribution in [0.2, 0.25) is 0 Å². The lowest BCUT2D eigenvalue weighted by Gasteiger charge is -2.16. The molecule has 0 heterocycles. The van der Waals surface area contributed by atoms with Gasteiger partial charge in [-0.15, -0.1) is 0 Å². The number of amides is 3. The van der Waals surface area contributed by atoms with Crippen LogP contribution in [-0.4, -0.2) is 52.8 Å². The topological polar surface area (TPSA) is 168 Å². The molecule has 6 N–H and O–H groups in total. The van der Waals surface area contributed by atoms with Crippen molar-refractivity contribution in [3.05, 3.63) is 35.9 Å². The largest absolute Gasteiger partial charge is 0.481 e. The maximum Gasteiger partial charge on any atom is 0.407 e. The number of carbonyl (C=O) groups excluding carboxylic acids is 3. The van der Waals surface area contributed by atoms with Gasteiger partial charge in [-0.2, -0.15) is 0 Å². The average Bonchev–Trinajstić information content (AvgIpc) is 2.62. The second kappa shape index (κ2) is 11.5. The first-order valence-electron chi connectivity index (χ1n) is 8.21. The molecule has 0 saturated heterocycles. The zero-order chi connectivity index (χ0) is 20.2. The van der Waals surface area contributed by atoms with Crippen LogP contribution in [0.4, 0.5) is 4.79 Å². The molecule has 10 nitrogen and oxygen atoms in total. The molecule has 0 aliphatic rings. The number of rotatable bonds is 11. The van der Waals surface area contributed by atoms with Crippen LogP contribution in [0.5, 0.6) is 0 Å². The summed E-state index contributed by atoms with van der Waals surface area (Å²) >= 11 is 0. The first-order valence-corrected chi connectivity index (χ1v) is 8.21. The Kier molecular flexibility index (Phi) is 9.30. The van der Waals surface area contributed by atoms with Gasteiger partial charge in [-0.1, -0.05) is 30.3 Å². The smallest absolute Gasteiger partial charge is 0.407 e. The van der Waals surface area contributed by atoms with E-state index in [-0.39, 0.29) is 26.0 Å². The Morgan fingerprint density at radius 1 is 1.15 bits per heavy atom. The van der Waals surface area contributed by atoms with Crippen LogP contribution < -0.4 is 16.4 Å². The van der Waals surface area contributed by atoms with Crippen molar-refractivity contribution < 1.29 is 34.1 Å². The highest BCUT2D eigenvalue weighted by Crippen LogP contribution is 2.01. The van der Waals surface area contributed by atoms with E-state index in [9.17, 15) is 24.3 Å². The monoisotopic (exact) mass is 381 g/mol. The molecule has 0 aliphatic carbocycles. The van der Waals surface area contributed by atoms with E-state index in [1.165, 1.54) is 0 Å². The number of nitrogens with one attached hydrogen (secondary N) is 2. The van der Waals surface area contributed by atoms with Crippen LogP contribution in [0.3, 0.4) is 0 Å².